The molecule has 0 radical (unpaired) electrons. The molecule has 1 aliphatic rings. The summed E-state index contributed by atoms with van der Waals surface area (Å²) in [5.41, 5.74) is 0.949. The number of ketones is 1. The number of aryl methyl sites for hydroxylation is 1. The molecule has 3 rings (SSSR count). The Balaban J connectivity index is 1.75. The van der Waals surface area contributed by atoms with Gasteiger partial charge in [0.2, 0.25) is 15.8 Å². The van der Waals surface area contributed by atoms with Gasteiger partial charge in [-0.15, -0.1) is 0 Å². The van der Waals surface area contributed by atoms with Gasteiger partial charge in [0.1, 0.15) is 10.7 Å². The molecular formula is C23H27FN2O7S. The Labute approximate surface area is 197 Å². The Hall–Kier alpha value is -3.05. The molecule has 1 aliphatic heterocycles. The minimum Gasteiger partial charge on any atom is -0.462 e. The number of H-pyrrole nitrogens is 1. The lowest BCUT2D eigenvalue weighted by Crippen LogP contribution is -2.36. The van der Waals surface area contributed by atoms with Crippen LogP contribution in [0.1, 0.15) is 68.6 Å². The van der Waals surface area contributed by atoms with Crippen LogP contribution in [0.4, 0.5) is 4.39 Å². The molecule has 34 heavy (non-hydrogen) atoms. The molecule has 11 heteroatoms. The lowest BCUT2D eigenvalue weighted by Gasteiger charge is -2.26. The van der Waals surface area contributed by atoms with Gasteiger partial charge in [-0.25, -0.2) is 22.4 Å². The minimum absolute atomic E-state index is 0.0980. The highest BCUT2D eigenvalue weighted by molar-refractivity contribution is 7.89. The van der Waals surface area contributed by atoms with E-state index in [-0.39, 0.29) is 36.5 Å². The number of nitrogens with one attached hydrogen (secondary N) is 1. The molecule has 1 fully saturated rings. The zero-order valence-corrected chi connectivity index (χ0v) is 20.1. The summed E-state index contributed by atoms with van der Waals surface area (Å²) in [6, 6.07) is 2.91. The zero-order valence-electron chi connectivity index (χ0n) is 19.3. The summed E-state index contributed by atoms with van der Waals surface area (Å²) >= 11 is 0. The summed E-state index contributed by atoms with van der Waals surface area (Å²) < 4.78 is 51.3. The Morgan fingerprint density at radius 3 is 2.38 bits per heavy atom. The summed E-state index contributed by atoms with van der Waals surface area (Å²) in [6.45, 7) is 4.94. The van der Waals surface area contributed by atoms with Crippen molar-refractivity contribution < 1.29 is 36.7 Å². The third-order valence-electron chi connectivity index (χ3n) is 5.63. The number of halogens is 1. The van der Waals surface area contributed by atoms with Crippen LogP contribution in [0, 0.1) is 19.7 Å². The van der Waals surface area contributed by atoms with Crippen LogP contribution in [0.25, 0.3) is 0 Å². The van der Waals surface area contributed by atoms with E-state index >= 15 is 0 Å². The lowest BCUT2D eigenvalue weighted by atomic mass is 10.1. The number of aromatic amines is 1. The van der Waals surface area contributed by atoms with Crippen LogP contribution < -0.4 is 0 Å². The maximum absolute atomic E-state index is 14.4. The van der Waals surface area contributed by atoms with Crippen molar-refractivity contribution in [3.63, 3.8) is 0 Å². The molecule has 9 nitrogen and oxygen atoms in total. The fraction of sp³-hybridized carbons (Fsp3) is 0.435. The highest BCUT2D eigenvalue weighted by Gasteiger charge is 2.30. The van der Waals surface area contributed by atoms with Gasteiger partial charge >= 0.3 is 11.9 Å². The van der Waals surface area contributed by atoms with E-state index in [4.69, 9.17) is 9.47 Å². The average Bonchev–Trinajstić information content (AvgIpc) is 3.12. The molecule has 0 atom stereocenters. The number of esters is 2. The topological polar surface area (TPSA) is 123 Å². The first-order valence-electron chi connectivity index (χ1n) is 10.9. The van der Waals surface area contributed by atoms with Crippen LogP contribution in [-0.2, 0) is 19.5 Å². The van der Waals surface area contributed by atoms with Crippen molar-refractivity contribution in [1.82, 2.24) is 9.29 Å². The second-order valence-corrected chi connectivity index (χ2v) is 9.86. The number of piperidine rings is 1. The number of hydrogen-bond donors (Lipinski definition) is 1. The van der Waals surface area contributed by atoms with Crippen molar-refractivity contribution in [3.05, 3.63) is 52.1 Å². The predicted octanol–water partition coefficient (Wildman–Crippen LogP) is 3.16. The minimum atomic E-state index is -4.11. The molecule has 0 saturated carbocycles. The van der Waals surface area contributed by atoms with E-state index in [2.05, 4.69) is 4.98 Å². The first-order valence-corrected chi connectivity index (χ1v) is 12.4. The average molecular weight is 495 g/mol. The smallest absolute Gasteiger partial charge is 0.340 e. The number of ether oxygens (including phenoxy) is 2. The molecule has 0 unspecified atom stereocenters. The lowest BCUT2D eigenvalue weighted by molar-refractivity contribution is 0.0472. The molecule has 0 bridgehead atoms. The SMILES string of the molecule is CCOC(=O)c1c(C)[nH]c(C(=O)COC(=O)c2ccc(F)c(S(=O)(=O)N3CCCCC3)c2)c1C. The normalized spacial score (nSPS) is 14.6. The van der Waals surface area contributed by atoms with Gasteiger partial charge < -0.3 is 14.5 Å². The molecule has 1 saturated heterocycles. The molecule has 0 spiro atoms. The number of aromatic nitrogens is 1. The van der Waals surface area contributed by atoms with E-state index in [0.29, 0.717) is 24.1 Å². The highest BCUT2D eigenvalue weighted by Crippen LogP contribution is 2.24. The number of Topliss-reactive ketones (excluding diaryl/α,β-unsaturated/α-hetero) is 1. The fourth-order valence-corrected chi connectivity index (χ4v) is 5.50. The van der Waals surface area contributed by atoms with E-state index in [1.54, 1.807) is 20.8 Å². The number of hydrogen-bond acceptors (Lipinski definition) is 7. The molecule has 1 aromatic carbocycles. The second-order valence-electron chi connectivity index (χ2n) is 7.95. The number of rotatable bonds is 8. The van der Waals surface area contributed by atoms with Crippen LogP contribution in [0.15, 0.2) is 23.1 Å². The van der Waals surface area contributed by atoms with Crippen molar-refractivity contribution in [3.8, 4) is 0 Å². The maximum atomic E-state index is 14.4. The van der Waals surface area contributed by atoms with Gasteiger partial charge in [0, 0.05) is 18.8 Å². The molecule has 1 aromatic heterocycles. The Bertz CT molecular complexity index is 1210. The van der Waals surface area contributed by atoms with Crippen molar-refractivity contribution in [2.24, 2.45) is 0 Å². The van der Waals surface area contributed by atoms with Gasteiger partial charge in [-0.05, 0) is 57.4 Å². The number of sulfonamides is 1. The summed E-state index contributed by atoms with van der Waals surface area (Å²) in [6.07, 6.45) is 2.26. The Morgan fingerprint density at radius 1 is 1.06 bits per heavy atom. The first-order chi connectivity index (χ1) is 16.1. The predicted molar refractivity (Wildman–Crippen MR) is 120 cm³/mol. The van der Waals surface area contributed by atoms with Crippen LogP contribution in [0.3, 0.4) is 0 Å². The summed E-state index contributed by atoms with van der Waals surface area (Å²) in [4.78, 5) is 39.4. The van der Waals surface area contributed by atoms with Gasteiger partial charge in [-0.3, -0.25) is 4.79 Å². The van der Waals surface area contributed by atoms with Crippen LogP contribution in [0.5, 0.6) is 0 Å². The third-order valence-corrected chi connectivity index (χ3v) is 7.54. The number of carbonyl (C=O) groups is 3. The van der Waals surface area contributed by atoms with Crippen LogP contribution in [0.2, 0.25) is 0 Å². The van der Waals surface area contributed by atoms with Crippen molar-refractivity contribution in [2.75, 3.05) is 26.3 Å². The van der Waals surface area contributed by atoms with Gasteiger partial charge in [-0.2, -0.15) is 4.31 Å². The van der Waals surface area contributed by atoms with Crippen LogP contribution in [-0.4, -0.2) is 61.7 Å². The zero-order chi connectivity index (χ0) is 25.0. The molecule has 2 aromatic rings. The van der Waals surface area contributed by atoms with E-state index < -0.39 is 45.1 Å². The molecule has 0 aliphatic carbocycles. The van der Waals surface area contributed by atoms with E-state index in [1.807, 2.05) is 0 Å². The highest BCUT2D eigenvalue weighted by atomic mass is 32.2. The van der Waals surface area contributed by atoms with E-state index in [1.165, 1.54) is 4.31 Å². The summed E-state index contributed by atoms with van der Waals surface area (Å²) in [7, 11) is -4.11. The van der Waals surface area contributed by atoms with E-state index in [0.717, 1.165) is 24.6 Å². The first kappa shape index (κ1) is 25.6. The van der Waals surface area contributed by atoms with Gasteiger partial charge in [0.25, 0.3) is 0 Å². The molecule has 1 N–H and O–H groups in total. The standard InChI is InChI=1S/C23H27FN2O7S/c1-4-32-23(29)20-14(2)21(25-15(20)3)18(27)13-33-22(28)16-8-9-17(24)19(12-16)34(30,31)26-10-6-5-7-11-26/h8-9,12,25H,4-7,10-11,13H2,1-3H3. The molecule has 2 heterocycles. The summed E-state index contributed by atoms with van der Waals surface area (Å²) in [5.74, 6) is -3.11. The Morgan fingerprint density at radius 2 is 1.74 bits per heavy atom. The number of carbonyl (C=O) groups excluding carboxylic acids is 3. The van der Waals surface area contributed by atoms with Gasteiger partial charge in [0.15, 0.2) is 6.61 Å². The van der Waals surface area contributed by atoms with Gasteiger partial charge in [-0.1, -0.05) is 6.42 Å². The quantitative estimate of drug-likeness (QED) is 0.442. The van der Waals surface area contributed by atoms with E-state index in [9.17, 15) is 27.2 Å². The van der Waals surface area contributed by atoms with Crippen molar-refractivity contribution in [2.45, 2.75) is 44.9 Å². The number of benzene rings is 1. The summed E-state index contributed by atoms with van der Waals surface area (Å²) in [5, 5.41) is 0. The third kappa shape index (κ3) is 5.20. The second kappa shape index (κ2) is 10.5. The van der Waals surface area contributed by atoms with Crippen molar-refractivity contribution in [1.29, 1.82) is 0 Å². The van der Waals surface area contributed by atoms with Gasteiger partial charge in [0.05, 0.1) is 23.4 Å². The Kier molecular flexibility index (Phi) is 7.88. The number of nitrogens with zero attached hydrogens (tertiary/aromatic N) is 1. The molecule has 184 valence electrons. The fourth-order valence-electron chi connectivity index (χ4n) is 3.90. The molecular weight excluding hydrogens is 467 g/mol. The van der Waals surface area contributed by atoms with Crippen LogP contribution >= 0.6 is 0 Å². The van der Waals surface area contributed by atoms with Crippen molar-refractivity contribution >= 4 is 27.7 Å². The largest absolute Gasteiger partial charge is 0.462 e. The maximum Gasteiger partial charge on any atom is 0.340 e. The molecule has 0 amide bonds. The monoisotopic (exact) mass is 494 g/mol.